The highest BCUT2D eigenvalue weighted by molar-refractivity contribution is 7.96. The third-order valence-electron chi connectivity index (χ3n) is 7.70. The molecule has 0 aliphatic carbocycles. The van der Waals surface area contributed by atoms with E-state index in [0.717, 1.165) is 21.5 Å². The molecule has 0 N–H and O–H groups in total. The van der Waals surface area contributed by atoms with Crippen LogP contribution in [0.4, 0.5) is 0 Å². The van der Waals surface area contributed by atoms with Gasteiger partial charge in [0, 0.05) is 30.8 Å². The summed E-state index contributed by atoms with van der Waals surface area (Å²) < 4.78 is 6.11. The standard InChI is InChI=1S/C36H30N3O3PS/c40-34-24-28(23-33(44)32-21-22-37-26-38-32)39(34)35(36(41)42-25-27-13-5-1-6-14-27)43(29-15-7-2-8-16-29,30-17-9-3-10-18-30)31-19-11-4-12-20-31/h1-22,26,28H,23-25H2. The fraction of sp³-hybridized carbons (Fsp3) is 0.111. The third kappa shape index (κ3) is 5.77. The van der Waals surface area contributed by atoms with E-state index in [1.165, 1.54) is 6.33 Å². The van der Waals surface area contributed by atoms with Crippen molar-refractivity contribution in [3.05, 3.63) is 151 Å². The first kappa shape index (κ1) is 29.4. The summed E-state index contributed by atoms with van der Waals surface area (Å²) in [5, 5.41) is 2.84. The van der Waals surface area contributed by atoms with Crippen LogP contribution in [0.15, 0.2) is 140 Å². The van der Waals surface area contributed by atoms with E-state index in [1.807, 2.05) is 121 Å². The summed E-state index contributed by atoms with van der Waals surface area (Å²) in [5.74, 6) is -0.663. The molecule has 0 spiro atoms. The lowest BCUT2D eigenvalue weighted by Gasteiger charge is -2.45. The van der Waals surface area contributed by atoms with Crippen molar-refractivity contribution >= 4 is 57.2 Å². The summed E-state index contributed by atoms with van der Waals surface area (Å²) in [4.78, 5) is 39.0. The molecule has 4 aromatic carbocycles. The molecule has 44 heavy (non-hydrogen) atoms. The molecule has 1 aromatic heterocycles. The Morgan fingerprint density at radius 1 is 0.795 bits per heavy atom. The summed E-state index contributed by atoms with van der Waals surface area (Å²) >= 11 is 5.79. The minimum Gasteiger partial charge on any atom is -0.456 e. The summed E-state index contributed by atoms with van der Waals surface area (Å²) in [5.41, 5.74) is 1.85. The topological polar surface area (TPSA) is 72.4 Å². The summed E-state index contributed by atoms with van der Waals surface area (Å²) in [7, 11) is 0. The molecule has 1 fully saturated rings. The Balaban J connectivity index is 1.61. The maximum Gasteiger partial charge on any atom is 0.356 e. The van der Waals surface area contributed by atoms with Gasteiger partial charge in [0.05, 0.1) is 11.7 Å². The Hall–Kier alpha value is -4.71. The fourth-order valence-corrected chi connectivity index (χ4v) is 10.4. The van der Waals surface area contributed by atoms with Crippen molar-refractivity contribution in [3.8, 4) is 0 Å². The predicted octanol–water partition coefficient (Wildman–Crippen LogP) is 5.05. The molecule has 1 atom stereocenters. The van der Waals surface area contributed by atoms with Crippen LogP contribution in [0.3, 0.4) is 0 Å². The number of benzene rings is 4. The second kappa shape index (κ2) is 13.3. The van der Waals surface area contributed by atoms with Gasteiger partial charge in [0.2, 0.25) is 5.91 Å². The van der Waals surface area contributed by atoms with Crippen LogP contribution in [-0.4, -0.2) is 43.1 Å². The van der Waals surface area contributed by atoms with Crippen LogP contribution in [0.1, 0.15) is 24.1 Å². The highest BCUT2D eigenvalue weighted by atomic mass is 32.1. The molecular weight excluding hydrogens is 585 g/mol. The molecule has 2 heterocycles. The molecule has 0 radical (unpaired) electrons. The Labute approximate surface area is 262 Å². The number of β-lactam (4-membered cyclic amide) rings is 1. The van der Waals surface area contributed by atoms with Crippen LogP contribution in [-0.2, 0) is 20.9 Å². The molecule has 0 saturated carbocycles. The van der Waals surface area contributed by atoms with Gasteiger partial charge in [-0.1, -0.05) is 134 Å². The first-order chi connectivity index (χ1) is 21.6. The van der Waals surface area contributed by atoms with Crippen molar-refractivity contribution < 1.29 is 14.3 Å². The molecule has 0 bridgehead atoms. The zero-order valence-electron chi connectivity index (χ0n) is 23.9. The lowest BCUT2D eigenvalue weighted by Crippen LogP contribution is -2.60. The zero-order chi connectivity index (χ0) is 30.4. The number of hydrogen-bond acceptors (Lipinski definition) is 6. The van der Waals surface area contributed by atoms with Gasteiger partial charge in [0.15, 0.2) is 0 Å². The second-order valence-electron chi connectivity index (χ2n) is 10.4. The molecule has 5 aromatic rings. The van der Waals surface area contributed by atoms with Gasteiger partial charge >= 0.3 is 5.97 Å². The number of nitrogens with zero attached hydrogens (tertiary/aromatic N) is 3. The quantitative estimate of drug-likeness (QED) is 0.0720. The van der Waals surface area contributed by atoms with Gasteiger partial charge in [-0.05, 0) is 27.5 Å². The monoisotopic (exact) mass is 615 g/mol. The highest BCUT2D eigenvalue weighted by Crippen LogP contribution is 2.49. The molecule has 1 aliphatic rings. The Kier molecular flexibility index (Phi) is 8.87. The Morgan fingerprint density at radius 2 is 1.32 bits per heavy atom. The molecule has 1 amide bonds. The molecular formula is C36H30N3O3PS. The van der Waals surface area contributed by atoms with Gasteiger partial charge in [-0.25, -0.2) is 14.8 Å². The Bertz CT molecular complexity index is 1720. The first-order valence-electron chi connectivity index (χ1n) is 14.3. The van der Waals surface area contributed by atoms with Crippen LogP contribution in [0, 0.1) is 0 Å². The van der Waals surface area contributed by atoms with Crippen molar-refractivity contribution in [2.75, 3.05) is 0 Å². The number of carbonyl (C=O) groups excluding carboxylic acids is 2. The number of aromatic nitrogens is 2. The Morgan fingerprint density at radius 3 is 1.80 bits per heavy atom. The van der Waals surface area contributed by atoms with Gasteiger partial charge in [0.25, 0.3) is 0 Å². The van der Waals surface area contributed by atoms with Gasteiger partial charge in [-0.2, -0.15) is 0 Å². The van der Waals surface area contributed by atoms with Gasteiger partial charge < -0.3 is 9.64 Å². The van der Waals surface area contributed by atoms with E-state index in [9.17, 15) is 9.59 Å². The maximum atomic E-state index is 14.7. The van der Waals surface area contributed by atoms with E-state index in [-0.39, 0.29) is 25.0 Å². The molecule has 6 rings (SSSR count). The number of carbonyl (C=O) groups is 2. The van der Waals surface area contributed by atoms with Crippen molar-refractivity contribution in [2.24, 2.45) is 0 Å². The average Bonchev–Trinajstić information content (AvgIpc) is 3.09. The third-order valence-corrected chi connectivity index (χ3v) is 12.3. The molecule has 6 nitrogen and oxygen atoms in total. The summed E-state index contributed by atoms with van der Waals surface area (Å²) in [6, 6.07) is 41.0. The van der Waals surface area contributed by atoms with Crippen LogP contribution < -0.4 is 15.9 Å². The number of amides is 1. The van der Waals surface area contributed by atoms with Crippen molar-refractivity contribution in [2.45, 2.75) is 25.5 Å². The molecule has 8 heteroatoms. The SMILES string of the molecule is O=C(OCc1ccccc1)C(N1C(=O)CC1CC(=S)c1ccncn1)=P(c1ccccc1)(c1ccccc1)c1ccccc1. The average molecular weight is 616 g/mol. The second-order valence-corrected chi connectivity index (χ2v) is 14.2. The van der Waals surface area contributed by atoms with E-state index >= 15 is 0 Å². The maximum absolute atomic E-state index is 14.7. The van der Waals surface area contributed by atoms with E-state index in [0.29, 0.717) is 22.4 Å². The lowest BCUT2D eigenvalue weighted by atomic mass is 9.96. The fourth-order valence-electron chi connectivity index (χ4n) is 5.66. The van der Waals surface area contributed by atoms with E-state index < -0.39 is 12.9 Å². The molecule has 1 aliphatic heterocycles. The normalized spacial score (nSPS) is 14.4. The van der Waals surface area contributed by atoms with E-state index in [1.54, 1.807) is 17.2 Å². The lowest BCUT2D eigenvalue weighted by molar-refractivity contribution is -0.144. The van der Waals surface area contributed by atoms with Crippen LogP contribution in [0.5, 0.6) is 0 Å². The van der Waals surface area contributed by atoms with Crippen molar-refractivity contribution in [1.82, 2.24) is 14.9 Å². The smallest absolute Gasteiger partial charge is 0.356 e. The minimum atomic E-state index is -2.97. The summed E-state index contributed by atoms with van der Waals surface area (Å²) in [6.07, 6.45) is 3.75. The first-order valence-corrected chi connectivity index (χ1v) is 16.5. The van der Waals surface area contributed by atoms with Crippen molar-refractivity contribution in [3.63, 3.8) is 0 Å². The largest absolute Gasteiger partial charge is 0.456 e. The van der Waals surface area contributed by atoms with Gasteiger partial charge in [0.1, 0.15) is 18.4 Å². The molecule has 218 valence electrons. The number of ether oxygens (including phenoxy) is 1. The number of rotatable bonds is 10. The van der Waals surface area contributed by atoms with Crippen LogP contribution in [0.2, 0.25) is 0 Å². The van der Waals surface area contributed by atoms with Crippen LogP contribution in [0.25, 0.3) is 0 Å². The number of esters is 1. The number of thiocarbonyl (C=S) groups is 1. The number of likely N-dealkylation sites (tertiary alicyclic amines) is 1. The zero-order valence-corrected chi connectivity index (χ0v) is 25.6. The molecule has 1 unspecified atom stereocenters. The summed E-state index contributed by atoms with van der Waals surface area (Å²) in [6.45, 7) is -2.90. The van der Waals surface area contributed by atoms with E-state index in [4.69, 9.17) is 17.0 Å². The van der Waals surface area contributed by atoms with Crippen LogP contribution >= 0.6 is 19.1 Å². The number of hydrogen-bond donors (Lipinski definition) is 0. The minimum absolute atomic E-state index is 0.0770. The van der Waals surface area contributed by atoms with Crippen molar-refractivity contribution in [1.29, 1.82) is 0 Å². The van der Waals surface area contributed by atoms with Gasteiger partial charge in [-0.15, -0.1) is 0 Å². The van der Waals surface area contributed by atoms with E-state index in [2.05, 4.69) is 9.97 Å². The van der Waals surface area contributed by atoms with Gasteiger partial charge in [-0.3, -0.25) is 4.79 Å². The predicted molar refractivity (Wildman–Crippen MR) is 180 cm³/mol. The highest BCUT2D eigenvalue weighted by Gasteiger charge is 2.47. The molecule has 1 saturated heterocycles.